The smallest absolute Gasteiger partial charge is 0.306 e. The molecule has 12 rings (SSSR count). The second kappa shape index (κ2) is 59.7. The minimum absolute atomic E-state index is 0.0850. The fourth-order valence-corrected chi connectivity index (χ4v) is 32.5. The number of rotatable bonds is 50. The maximum Gasteiger partial charge on any atom is 0.306 e. The summed E-state index contributed by atoms with van der Waals surface area (Å²) in [6.07, 6.45) is 0.787. The van der Waals surface area contributed by atoms with Crippen LogP contribution >= 0.6 is 172 Å². The number of hydrogen-bond donors (Lipinski definition) is 4. The van der Waals surface area contributed by atoms with E-state index in [1.165, 1.54) is 45.8 Å². The van der Waals surface area contributed by atoms with Crippen molar-refractivity contribution >= 4 is 244 Å². The number of ether oxygens (including phenoxy) is 4. The van der Waals surface area contributed by atoms with Crippen molar-refractivity contribution in [1.29, 1.82) is 0 Å². The molecule has 3 aromatic heterocycles. The number of aryl methyl sites for hydroxylation is 11. The standard InChI is InChI=1S/C32H43O9PS3.C31H29N4O3PS5.C23H29O5PS.C20H21N2O3PS3/c1-5-41-42(37,26-9-7-6-8-10-26)31(36)30-23(2)17-25(18-24(30)3)19-45-16-13-29(35)40-22-32(4,20-38-27(33)11-14-43)21-39-28(34)12-15-44;1-17-11-22(15-41-30-34-32-21(5)43-30)12-18(2)25(17)27(36)39(38,24-9-7-6-8-10-24)28(37)26-19(3)13-23(14-20(26)4)16-42-31-35-33-29(40)44-31;1-5-27-21(24)12-13-30-16-19-14-17(3)22(18(4)15-19)23(25)29(26,28-6-2)20-10-8-7-9-11-20;1-4-25-26(24,16-8-6-5-7-9-16)18(23)17-13(2)10-15(11-14(17)3)12-28-20-22-21-19(27)29-20/h6-10,17-18,43-44H,5,11-16,19-22H2,1-4H3;6-14H,15-16H2,1-5H3,(H,33,40);7-11,14-15H,5-6,12-13,16H2,1-4H3;5-11H,4,12H2,1-3H3,(H,21,27). The van der Waals surface area contributed by atoms with E-state index in [-0.39, 0.29) is 70.2 Å². The van der Waals surface area contributed by atoms with Crippen LogP contribution in [-0.2, 0) is 98.7 Å². The molecule has 0 aliphatic rings. The Hall–Kier alpha value is -8.42. The summed E-state index contributed by atoms with van der Waals surface area (Å²) < 4.78 is 97.6. The zero-order chi connectivity index (χ0) is 108. The number of nitrogens with zero attached hydrogens (tertiary/aromatic N) is 4. The lowest BCUT2D eigenvalue weighted by Gasteiger charge is -2.28. The molecule has 0 fully saturated rings. The van der Waals surface area contributed by atoms with Crippen LogP contribution in [-0.4, -0.2) is 151 Å². The summed E-state index contributed by atoms with van der Waals surface area (Å²) in [6.45, 7) is 29.7. The molecular formula is C106H122N6O20P4S12. The number of thioether (sulfide) groups is 5. The zero-order valence-corrected chi connectivity index (χ0v) is 98.7. The van der Waals surface area contributed by atoms with E-state index < -0.39 is 80.2 Å². The predicted octanol–water partition coefficient (Wildman–Crippen LogP) is 26.0. The molecular weight excluding hydrogens is 2190 g/mol. The van der Waals surface area contributed by atoms with Crippen LogP contribution in [0.3, 0.4) is 0 Å². The third kappa shape index (κ3) is 34.5. The highest BCUT2D eigenvalue weighted by Crippen LogP contribution is 2.56. The number of carbonyl (C=O) groups is 9. The number of esters is 4. The predicted molar refractivity (Wildman–Crippen MR) is 615 cm³/mol. The molecule has 148 heavy (non-hydrogen) atoms. The molecule has 0 bridgehead atoms. The minimum atomic E-state index is -4.29. The highest BCUT2D eigenvalue weighted by atomic mass is 32.2. The van der Waals surface area contributed by atoms with Gasteiger partial charge in [0.15, 0.2) is 20.9 Å². The van der Waals surface area contributed by atoms with E-state index in [9.17, 15) is 56.8 Å². The van der Waals surface area contributed by atoms with E-state index in [2.05, 4.69) is 55.8 Å². The van der Waals surface area contributed by atoms with Gasteiger partial charge in [0.1, 0.15) is 24.8 Å². The fourth-order valence-electron chi connectivity index (χ4n) is 15.8. The van der Waals surface area contributed by atoms with Crippen molar-refractivity contribution in [3.05, 3.63) is 306 Å². The third-order valence-corrected chi connectivity index (χ3v) is 41.1. The summed E-state index contributed by atoms with van der Waals surface area (Å²) in [5.74, 6) is 3.61. The van der Waals surface area contributed by atoms with Crippen LogP contribution in [0.25, 0.3) is 0 Å². The van der Waals surface area contributed by atoms with Crippen LogP contribution in [0.4, 0.5) is 0 Å². The Morgan fingerprint density at radius 3 is 0.865 bits per heavy atom. The molecule has 0 aliphatic heterocycles. The monoisotopic (exact) mass is 2310 g/mol. The van der Waals surface area contributed by atoms with Crippen LogP contribution in [0, 0.1) is 89.5 Å². The van der Waals surface area contributed by atoms with Crippen molar-refractivity contribution < 1.29 is 93.9 Å². The van der Waals surface area contributed by atoms with Gasteiger partial charge >= 0.3 is 46.0 Å². The number of nitrogens with one attached hydrogen (secondary N) is 2. The van der Waals surface area contributed by atoms with E-state index in [4.69, 9.17) is 57.0 Å². The number of aromatic nitrogens is 6. The zero-order valence-electron chi connectivity index (χ0n) is 85.2. The van der Waals surface area contributed by atoms with Crippen molar-refractivity contribution in [3.8, 4) is 0 Å². The molecule has 9 aromatic carbocycles. The first-order chi connectivity index (χ1) is 70.5. The SMILES string of the molecule is CCOC(=O)CCSCc1cc(C)c(C(=O)P(=O)(OCC)c2ccccc2)c(C)c1.CCOP(=O)(C(=O)c1c(C)cc(CSCCC(=O)OCC(C)(COC(=O)CCS)COC(=O)CCS)cc1C)c1ccccc1.CCOP(=O)(C(=O)c1c(C)cc(CSc2n[nH]c(=S)s2)cc1C)c1ccccc1.Cc1nnc(SCc2cc(C)c(C(=O)P(=O)(C(=O)c3c(C)cc(CSc4n[nH]c(=S)s4)cc3C)c3ccccc3)c(C)c2)s1. The Bertz CT molecular complexity index is 6870. The third-order valence-electron chi connectivity index (χ3n) is 22.3. The van der Waals surface area contributed by atoms with E-state index in [0.29, 0.717) is 144 Å². The lowest BCUT2D eigenvalue weighted by molar-refractivity contribution is -0.160. The molecule has 2 N–H and O–H groups in total. The average Bonchev–Trinajstić information content (AvgIpc) is 0.785. The van der Waals surface area contributed by atoms with Crippen molar-refractivity contribution in [3.63, 3.8) is 0 Å². The normalized spacial score (nSPS) is 12.8. The van der Waals surface area contributed by atoms with Crippen molar-refractivity contribution in [1.82, 2.24) is 30.6 Å². The Morgan fingerprint density at radius 1 is 0.345 bits per heavy atom. The van der Waals surface area contributed by atoms with Crippen LogP contribution < -0.4 is 21.2 Å². The van der Waals surface area contributed by atoms with E-state index in [0.717, 1.165) is 73.9 Å². The van der Waals surface area contributed by atoms with Gasteiger partial charge in [-0.3, -0.25) is 67.0 Å². The number of hydrogen-bond acceptors (Lipinski definition) is 36. The molecule has 0 radical (unpaired) electrons. The van der Waals surface area contributed by atoms with Crippen molar-refractivity contribution in [2.75, 3.05) is 69.3 Å². The molecule has 0 saturated heterocycles. The van der Waals surface area contributed by atoms with Crippen LogP contribution in [0.15, 0.2) is 195 Å². The first-order valence-electron chi connectivity index (χ1n) is 47.1. The summed E-state index contributed by atoms with van der Waals surface area (Å²) in [5, 5.41) is 24.5. The number of carbonyl (C=O) groups excluding carboxylic acids is 9. The summed E-state index contributed by atoms with van der Waals surface area (Å²) in [4.78, 5) is 117. The summed E-state index contributed by atoms with van der Waals surface area (Å²) in [6, 6.07) is 53.6. The van der Waals surface area contributed by atoms with E-state index in [1.807, 2.05) is 149 Å². The summed E-state index contributed by atoms with van der Waals surface area (Å²) in [7, 11) is -15.4. The van der Waals surface area contributed by atoms with Crippen molar-refractivity contribution in [2.45, 2.75) is 178 Å². The van der Waals surface area contributed by atoms with Gasteiger partial charge < -0.3 is 37.1 Å². The molecule has 42 heteroatoms. The molecule has 4 unspecified atom stereocenters. The van der Waals surface area contributed by atoms with Gasteiger partial charge in [0.2, 0.25) is 18.2 Å². The van der Waals surface area contributed by atoms with Crippen LogP contribution in [0.2, 0.25) is 0 Å². The lowest BCUT2D eigenvalue weighted by Crippen LogP contribution is -2.37. The highest BCUT2D eigenvalue weighted by Gasteiger charge is 2.46. The summed E-state index contributed by atoms with van der Waals surface area (Å²) in [5.41, 5.74) is 10.7. The first kappa shape index (κ1) is 123. The van der Waals surface area contributed by atoms with Gasteiger partial charge in [-0.05, 0) is 255 Å². The molecule has 0 amide bonds. The molecule has 0 spiro atoms. The number of aromatic amines is 2. The van der Waals surface area contributed by atoms with E-state index in [1.54, 1.807) is 191 Å². The topological polar surface area (TPSA) is 370 Å². The molecule has 0 saturated carbocycles. The number of thiol groups is 2. The van der Waals surface area contributed by atoms with Crippen LogP contribution in [0.5, 0.6) is 0 Å². The summed E-state index contributed by atoms with van der Waals surface area (Å²) >= 11 is 30.5. The molecule has 788 valence electrons. The second-order valence-electron chi connectivity index (χ2n) is 34.3. The Morgan fingerprint density at radius 2 is 0.608 bits per heavy atom. The largest absolute Gasteiger partial charge is 0.466 e. The van der Waals surface area contributed by atoms with Gasteiger partial charge in [0.05, 0.1) is 57.5 Å². The number of benzene rings is 9. The Kier molecular flexibility index (Phi) is 49.7. The first-order valence-corrected chi connectivity index (χ1v) is 63.5. The Labute approximate surface area is 919 Å². The van der Waals surface area contributed by atoms with Gasteiger partial charge in [-0.25, -0.2) is 0 Å². The molecule has 4 atom stereocenters. The maximum atomic E-state index is 15.1. The average molecular weight is 2310 g/mol. The van der Waals surface area contributed by atoms with Gasteiger partial charge in [-0.15, -0.1) is 10.2 Å². The molecule has 26 nitrogen and oxygen atoms in total. The van der Waals surface area contributed by atoms with Gasteiger partial charge in [0.25, 0.3) is 16.6 Å². The number of H-pyrrole nitrogens is 2. The van der Waals surface area contributed by atoms with Gasteiger partial charge in [-0.1, -0.05) is 215 Å². The minimum Gasteiger partial charge on any atom is -0.466 e. The maximum absolute atomic E-state index is 15.1. The fraction of sp³-hybridized carbons (Fsp3) is 0.349. The van der Waals surface area contributed by atoms with Gasteiger partial charge in [0, 0.05) is 101 Å². The molecule has 0 aliphatic carbocycles. The highest BCUT2D eigenvalue weighted by molar-refractivity contribution is 8.02. The van der Waals surface area contributed by atoms with Crippen molar-refractivity contribution in [2.24, 2.45) is 5.41 Å². The quantitative estimate of drug-likeness (QED) is 0.00523. The second-order valence-corrected chi connectivity index (χ2v) is 55.0. The van der Waals surface area contributed by atoms with Crippen LogP contribution in [0.1, 0.15) is 201 Å². The Balaban J connectivity index is 0.000000223. The van der Waals surface area contributed by atoms with E-state index >= 15 is 4.57 Å². The molecule has 3 heterocycles. The lowest BCUT2D eigenvalue weighted by atomic mass is 9.94. The van der Waals surface area contributed by atoms with Gasteiger partial charge in [-0.2, -0.15) is 59.0 Å². The molecule has 12 aromatic rings.